The molecule has 2 atom stereocenters. The largest absolute Gasteiger partial charge is 0.467 e. The molecule has 0 radical (unpaired) electrons. The molecule has 1 fully saturated rings. The minimum Gasteiger partial charge on any atom is -0.467 e. The van der Waals surface area contributed by atoms with Crippen molar-refractivity contribution in [1.29, 1.82) is 0 Å². The highest BCUT2D eigenvalue weighted by Gasteiger charge is 2.33. The maximum atomic E-state index is 13.8. The molecule has 0 spiro atoms. The SMILES string of the molecule is O=C(c1cccc(F)c1F)N1CCCC1CC(O)c1ccco1. The second-order valence-corrected chi connectivity index (χ2v) is 5.66. The van der Waals surface area contributed by atoms with E-state index in [9.17, 15) is 18.7 Å². The second kappa shape index (κ2) is 6.50. The first-order chi connectivity index (χ1) is 11.1. The number of hydrogen-bond acceptors (Lipinski definition) is 3. The summed E-state index contributed by atoms with van der Waals surface area (Å²) in [7, 11) is 0. The Kier molecular flexibility index (Phi) is 4.43. The van der Waals surface area contributed by atoms with Crippen molar-refractivity contribution in [2.45, 2.75) is 31.4 Å². The number of benzene rings is 1. The van der Waals surface area contributed by atoms with Crippen LogP contribution in [0.3, 0.4) is 0 Å². The Balaban J connectivity index is 1.76. The van der Waals surface area contributed by atoms with Gasteiger partial charge in [0.15, 0.2) is 11.6 Å². The average molecular weight is 321 g/mol. The molecule has 0 aliphatic carbocycles. The monoisotopic (exact) mass is 321 g/mol. The highest BCUT2D eigenvalue weighted by Crippen LogP contribution is 2.29. The number of aliphatic hydroxyl groups excluding tert-OH is 1. The van der Waals surface area contributed by atoms with Crippen molar-refractivity contribution in [2.24, 2.45) is 0 Å². The fourth-order valence-corrected chi connectivity index (χ4v) is 3.03. The predicted octanol–water partition coefficient (Wildman–Crippen LogP) is 3.29. The van der Waals surface area contributed by atoms with E-state index in [-0.39, 0.29) is 11.6 Å². The lowest BCUT2D eigenvalue weighted by Gasteiger charge is -2.26. The van der Waals surface area contributed by atoms with E-state index in [1.807, 2.05) is 0 Å². The van der Waals surface area contributed by atoms with Crippen LogP contribution in [0.4, 0.5) is 8.78 Å². The Hall–Kier alpha value is -2.21. The highest BCUT2D eigenvalue weighted by atomic mass is 19.2. The summed E-state index contributed by atoms with van der Waals surface area (Å²) in [6, 6.07) is 6.68. The lowest BCUT2D eigenvalue weighted by molar-refractivity contribution is 0.0636. The van der Waals surface area contributed by atoms with E-state index in [0.29, 0.717) is 25.1 Å². The fourth-order valence-electron chi connectivity index (χ4n) is 3.03. The highest BCUT2D eigenvalue weighted by molar-refractivity contribution is 5.94. The smallest absolute Gasteiger partial charge is 0.257 e. The van der Waals surface area contributed by atoms with Gasteiger partial charge >= 0.3 is 0 Å². The summed E-state index contributed by atoms with van der Waals surface area (Å²) < 4.78 is 32.3. The summed E-state index contributed by atoms with van der Waals surface area (Å²) >= 11 is 0. The zero-order valence-corrected chi connectivity index (χ0v) is 12.4. The molecule has 0 bridgehead atoms. The zero-order valence-electron chi connectivity index (χ0n) is 12.4. The molecule has 1 aliphatic heterocycles. The van der Waals surface area contributed by atoms with Crippen LogP contribution in [0.1, 0.15) is 41.5 Å². The van der Waals surface area contributed by atoms with Gasteiger partial charge in [-0.25, -0.2) is 8.78 Å². The van der Waals surface area contributed by atoms with Gasteiger partial charge in [0.2, 0.25) is 0 Å². The number of furan rings is 1. The molecule has 2 unspecified atom stereocenters. The predicted molar refractivity (Wildman–Crippen MR) is 78.7 cm³/mol. The Morgan fingerprint density at radius 3 is 2.91 bits per heavy atom. The van der Waals surface area contributed by atoms with Gasteiger partial charge in [-0.05, 0) is 37.1 Å². The number of rotatable bonds is 4. The van der Waals surface area contributed by atoms with Gasteiger partial charge in [-0.3, -0.25) is 4.79 Å². The number of aliphatic hydroxyl groups is 1. The van der Waals surface area contributed by atoms with Crippen molar-refractivity contribution in [3.05, 3.63) is 59.6 Å². The minimum absolute atomic E-state index is 0.231. The van der Waals surface area contributed by atoms with E-state index in [1.165, 1.54) is 23.3 Å². The topological polar surface area (TPSA) is 53.7 Å². The number of likely N-dealkylation sites (tertiary alicyclic amines) is 1. The normalized spacial score (nSPS) is 19.1. The summed E-state index contributed by atoms with van der Waals surface area (Å²) in [5.74, 6) is -2.28. The number of halogens is 2. The van der Waals surface area contributed by atoms with E-state index in [2.05, 4.69) is 0 Å². The van der Waals surface area contributed by atoms with Gasteiger partial charge in [-0.2, -0.15) is 0 Å². The van der Waals surface area contributed by atoms with Crippen LogP contribution in [0.5, 0.6) is 0 Å². The van der Waals surface area contributed by atoms with Crippen LogP contribution in [-0.2, 0) is 0 Å². The van der Waals surface area contributed by atoms with Crippen LogP contribution in [0, 0.1) is 11.6 Å². The lowest BCUT2D eigenvalue weighted by atomic mass is 10.0. The molecule has 1 aromatic carbocycles. The quantitative estimate of drug-likeness (QED) is 0.940. The van der Waals surface area contributed by atoms with Crippen LogP contribution in [-0.4, -0.2) is 28.5 Å². The van der Waals surface area contributed by atoms with Gasteiger partial charge < -0.3 is 14.4 Å². The molecule has 2 aromatic rings. The Morgan fingerprint density at radius 2 is 2.17 bits per heavy atom. The molecule has 122 valence electrons. The molecule has 1 amide bonds. The maximum absolute atomic E-state index is 13.8. The van der Waals surface area contributed by atoms with Gasteiger partial charge in [-0.15, -0.1) is 0 Å². The first-order valence-corrected chi connectivity index (χ1v) is 7.54. The van der Waals surface area contributed by atoms with Crippen LogP contribution in [0.15, 0.2) is 41.0 Å². The fraction of sp³-hybridized carbons (Fsp3) is 0.353. The number of amides is 1. The van der Waals surface area contributed by atoms with Crippen molar-refractivity contribution >= 4 is 5.91 Å². The van der Waals surface area contributed by atoms with E-state index < -0.39 is 23.6 Å². The zero-order chi connectivity index (χ0) is 16.4. The molecule has 3 rings (SSSR count). The van der Waals surface area contributed by atoms with E-state index in [1.54, 1.807) is 12.1 Å². The number of carbonyl (C=O) groups excluding carboxylic acids is 1. The van der Waals surface area contributed by atoms with Gasteiger partial charge in [0.25, 0.3) is 5.91 Å². The summed E-state index contributed by atoms with van der Waals surface area (Å²) in [6.07, 6.45) is 2.41. The molecular formula is C17H17F2NO3. The Morgan fingerprint density at radius 1 is 1.35 bits per heavy atom. The summed E-state index contributed by atoms with van der Waals surface area (Å²) in [4.78, 5) is 14.0. The third kappa shape index (κ3) is 3.12. The third-order valence-electron chi connectivity index (χ3n) is 4.19. The molecule has 2 heterocycles. The molecule has 1 saturated heterocycles. The molecule has 0 saturated carbocycles. The minimum atomic E-state index is -1.13. The van der Waals surface area contributed by atoms with Crippen molar-refractivity contribution in [1.82, 2.24) is 4.90 Å². The Labute approximate surface area is 132 Å². The summed E-state index contributed by atoms with van der Waals surface area (Å²) in [6.45, 7) is 0.463. The molecule has 23 heavy (non-hydrogen) atoms. The molecule has 1 aliphatic rings. The van der Waals surface area contributed by atoms with E-state index in [0.717, 1.165) is 12.5 Å². The first-order valence-electron chi connectivity index (χ1n) is 7.54. The van der Waals surface area contributed by atoms with Crippen molar-refractivity contribution in [2.75, 3.05) is 6.54 Å². The second-order valence-electron chi connectivity index (χ2n) is 5.66. The average Bonchev–Trinajstić information content (AvgIpc) is 3.20. The summed E-state index contributed by atoms with van der Waals surface area (Å²) in [5.41, 5.74) is -0.274. The molecule has 4 nitrogen and oxygen atoms in total. The number of carbonyl (C=O) groups is 1. The van der Waals surface area contributed by atoms with Gasteiger partial charge in [0.05, 0.1) is 11.8 Å². The van der Waals surface area contributed by atoms with Gasteiger partial charge in [0, 0.05) is 19.0 Å². The first kappa shape index (κ1) is 15.7. The van der Waals surface area contributed by atoms with Gasteiger partial charge in [-0.1, -0.05) is 6.07 Å². The Bertz CT molecular complexity index is 687. The van der Waals surface area contributed by atoms with Gasteiger partial charge in [0.1, 0.15) is 11.9 Å². The van der Waals surface area contributed by atoms with Crippen LogP contribution in [0.2, 0.25) is 0 Å². The lowest BCUT2D eigenvalue weighted by Crippen LogP contribution is -2.37. The van der Waals surface area contributed by atoms with Crippen molar-refractivity contribution in [3.8, 4) is 0 Å². The third-order valence-corrected chi connectivity index (χ3v) is 4.19. The number of nitrogens with zero attached hydrogens (tertiary/aromatic N) is 1. The van der Waals surface area contributed by atoms with E-state index in [4.69, 9.17) is 4.42 Å². The maximum Gasteiger partial charge on any atom is 0.257 e. The van der Waals surface area contributed by atoms with E-state index >= 15 is 0 Å². The van der Waals surface area contributed by atoms with Crippen LogP contribution >= 0.6 is 0 Å². The summed E-state index contributed by atoms with van der Waals surface area (Å²) in [5, 5.41) is 10.2. The standard InChI is InChI=1S/C17H17F2NO3/c18-13-6-1-5-12(16(13)19)17(22)20-8-2-4-11(20)10-14(21)15-7-3-9-23-15/h1,3,5-7,9,11,14,21H,2,4,8,10H2. The van der Waals surface area contributed by atoms with Crippen molar-refractivity contribution < 1.29 is 23.1 Å². The molecule has 1 aromatic heterocycles. The van der Waals surface area contributed by atoms with Crippen LogP contribution in [0.25, 0.3) is 0 Å². The molecule has 1 N–H and O–H groups in total. The van der Waals surface area contributed by atoms with Crippen LogP contribution < -0.4 is 0 Å². The van der Waals surface area contributed by atoms with Crippen molar-refractivity contribution in [3.63, 3.8) is 0 Å². The molecule has 6 heteroatoms. The molecular weight excluding hydrogens is 304 g/mol. The number of hydrogen-bond donors (Lipinski definition) is 1.